The Morgan fingerprint density at radius 2 is 2.26 bits per heavy atom. The van der Waals surface area contributed by atoms with Crippen LogP contribution >= 0.6 is 0 Å². The van der Waals surface area contributed by atoms with Crippen LogP contribution in [0.25, 0.3) is 0 Å². The number of ether oxygens (including phenoxy) is 1. The lowest BCUT2D eigenvalue weighted by Gasteiger charge is -2.14. The van der Waals surface area contributed by atoms with Crippen LogP contribution in [0.1, 0.15) is 30.1 Å². The van der Waals surface area contributed by atoms with E-state index in [9.17, 15) is 9.90 Å². The minimum Gasteiger partial charge on any atom is -0.504 e. The second-order valence-corrected chi connectivity index (χ2v) is 4.45. The van der Waals surface area contributed by atoms with Gasteiger partial charge in [0.05, 0.1) is 7.11 Å². The fourth-order valence-corrected chi connectivity index (χ4v) is 1.86. The van der Waals surface area contributed by atoms with Gasteiger partial charge in [0, 0.05) is 12.1 Å². The molecule has 5 heteroatoms. The maximum absolute atomic E-state index is 11.9. The fraction of sp³-hybridized carbons (Fsp3) is 0.500. The van der Waals surface area contributed by atoms with Gasteiger partial charge in [0.2, 0.25) is 0 Å². The van der Waals surface area contributed by atoms with Gasteiger partial charge >= 0.3 is 0 Å². The highest BCUT2D eigenvalue weighted by atomic mass is 16.5. The van der Waals surface area contributed by atoms with Gasteiger partial charge in [0.1, 0.15) is 0 Å². The Hall–Kier alpha value is -1.75. The average Bonchev–Trinajstić information content (AvgIpc) is 2.42. The van der Waals surface area contributed by atoms with Crippen molar-refractivity contribution in [3.8, 4) is 11.5 Å². The van der Waals surface area contributed by atoms with E-state index in [0.717, 1.165) is 12.8 Å². The molecule has 0 aliphatic heterocycles. The minimum atomic E-state index is -0.201. The zero-order chi connectivity index (χ0) is 14.3. The molecular formula is C14H22N2O3. The van der Waals surface area contributed by atoms with Gasteiger partial charge < -0.3 is 20.9 Å². The lowest BCUT2D eigenvalue weighted by molar-refractivity contribution is 0.0945. The molecule has 0 spiro atoms. The summed E-state index contributed by atoms with van der Waals surface area (Å²) in [6.07, 6.45) is 1.87. The van der Waals surface area contributed by atoms with E-state index in [-0.39, 0.29) is 11.7 Å². The number of carbonyl (C=O) groups excluding carboxylic acids is 1. The largest absolute Gasteiger partial charge is 0.504 e. The normalized spacial score (nSPS) is 11.9. The van der Waals surface area contributed by atoms with Crippen molar-refractivity contribution >= 4 is 5.91 Å². The van der Waals surface area contributed by atoms with Crippen molar-refractivity contribution in [3.63, 3.8) is 0 Å². The standard InChI is InChI=1S/C14H22N2O3/c1-3-10(6-7-15)9-16-14(18)11-4-5-13(19-2)12(17)8-11/h4-5,8,10,17H,3,6-7,9,15H2,1-2H3,(H,16,18). The van der Waals surface area contributed by atoms with Gasteiger partial charge in [-0.05, 0) is 37.1 Å². The molecule has 5 nitrogen and oxygen atoms in total. The molecule has 1 rings (SSSR count). The zero-order valence-corrected chi connectivity index (χ0v) is 11.5. The van der Waals surface area contributed by atoms with E-state index in [1.54, 1.807) is 12.1 Å². The molecule has 4 N–H and O–H groups in total. The highest BCUT2D eigenvalue weighted by Crippen LogP contribution is 2.26. The SMILES string of the molecule is CCC(CCN)CNC(=O)c1ccc(OC)c(O)c1. The first-order chi connectivity index (χ1) is 9.12. The summed E-state index contributed by atoms with van der Waals surface area (Å²) >= 11 is 0. The molecule has 0 aromatic heterocycles. The van der Waals surface area contributed by atoms with E-state index < -0.39 is 0 Å². The highest BCUT2D eigenvalue weighted by Gasteiger charge is 2.11. The lowest BCUT2D eigenvalue weighted by atomic mass is 10.0. The molecule has 1 atom stereocenters. The summed E-state index contributed by atoms with van der Waals surface area (Å²) in [6, 6.07) is 4.59. The van der Waals surface area contributed by atoms with Gasteiger partial charge in [-0.15, -0.1) is 0 Å². The molecule has 0 fully saturated rings. The maximum Gasteiger partial charge on any atom is 0.251 e. The Balaban J connectivity index is 2.60. The Morgan fingerprint density at radius 1 is 1.53 bits per heavy atom. The molecule has 0 saturated carbocycles. The Bertz CT molecular complexity index is 421. The van der Waals surface area contributed by atoms with Crippen LogP contribution in [0.4, 0.5) is 0 Å². The first kappa shape index (κ1) is 15.3. The van der Waals surface area contributed by atoms with Crippen LogP contribution in [-0.4, -0.2) is 31.2 Å². The van der Waals surface area contributed by atoms with E-state index in [0.29, 0.717) is 30.3 Å². The molecule has 19 heavy (non-hydrogen) atoms. The van der Waals surface area contributed by atoms with Gasteiger partial charge in [-0.2, -0.15) is 0 Å². The number of nitrogens with one attached hydrogen (secondary N) is 1. The molecule has 1 aromatic carbocycles. The van der Waals surface area contributed by atoms with Gasteiger partial charge in [0.15, 0.2) is 11.5 Å². The summed E-state index contributed by atoms with van der Waals surface area (Å²) in [5, 5.41) is 12.5. The van der Waals surface area contributed by atoms with E-state index in [4.69, 9.17) is 10.5 Å². The molecule has 0 heterocycles. The highest BCUT2D eigenvalue weighted by molar-refractivity contribution is 5.94. The molecular weight excluding hydrogens is 244 g/mol. The van der Waals surface area contributed by atoms with E-state index in [2.05, 4.69) is 12.2 Å². The number of phenolic OH excluding ortho intramolecular Hbond substituents is 1. The number of phenols is 1. The second-order valence-electron chi connectivity index (χ2n) is 4.45. The number of amides is 1. The topological polar surface area (TPSA) is 84.6 Å². The van der Waals surface area contributed by atoms with Gasteiger partial charge in [-0.25, -0.2) is 0 Å². The Morgan fingerprint density at radius 3 is 2.79 bits per heavy atom. The Labute approximate surface area is 113 Å². The lowest BCUT2D eigenvalue weighted by Crippen LogP contribution is -2.30. The van der Waals surface area contributed by atoms with Crippen molar-refractivity contribution < 1.29 is 14.6 Å². The maximum atomic E-state index is 11.9. The monoisotopic (exact) mass is 266 g/mol. The van der Waals surface area contributed by atoms with Gasteiger partial charge in [-0.3, -0.25) is 4.79 Å². The third-order valence-corrected chi connectivity index (χ3v) is 3.14. The summed E-state index contributed by atoms with van der Waals surface area (Å²) < 4.78 is 4.93. The van der Waals surface area contributed by atoms with Crippen LogP contribution < -0.4 is 15.8 Å². The van der Waals surface area contributed by atoms with Crippen molar-refractivity contribution in [3.05, 3.63) is 23.8 Å². The smallest absolute Gasteiger partial charge is 0.251 e. The summed E-state index contributed by atoms with van der Waals surface area (Å²) in [4.78, 5) is 11.9. The summed E-state index contributed by atoms with van der Waals surface area (Å²) in [5.74, 6) is 0.504. The number of hydrogen-bond acceptors (Lipinski definition) is 4. The first-order valence-electron chi connectivity index (χ1n) is 6.47. The molecule has 1 unspecified atom stereocenters. The predicted octanol–water partition coefficient (Wildman–Crippen LogP) is 1.51. The Kier molecular flexibility index (Phi) is 6.15. The predicted molar refractivity (Wildman–Crippen MR) is 74.4 cm³/mol. The first-order valence-corrected chi connectivity index (χ1v) is 6.47. The molecule has 1 amide bonds. The van der Waals surface area contributed by atoms with Crippen molar-refractivity contribution in [2.75, 3.05) is 20.2 Å². The molecule has 0 bridgehead atoms. The van der Waals surface area contributed by atoms with Crippen molar-refractivity contribution in [2.24, 2.45) is 11.7 Å². The van der Waals surface area contributed by atoms with E-state index in [1.165, 1.54) is 13.2 Å². The van der Waals surface area contributed by atoms with Gasteiger partial charge in [0.25, 0.3) is 5.91 Å². The minimum absolute atomic E-state index is 0.0378. The number of nitrogens with two attached hydrogens (primary N) is 1. The average molecular weight is 266 g/mol. The zero-order valence-electron chi connectivity index (χ0n) is 11.5. The second kappa shape index (κ2) is 7.63. The number of methoxy groups -OCH3 is 1. The summed E-state index contributed by atoms with van der Waals surface area (Å²) in [7, 11) is 1.47. The van der Waals surface area contributed by atoms with Crippen LogP contribution in [0.5, 0.6) is 11.5 Å². The van der Waals surface area contributed by atoms with E-state index >= 15 is 0 Å². The van der Waals surface area contributed by atoms with Crippen molar-refractivity contribution in [1.82, 2.24) is 5.32 Å². The molecule has 0 aliphatic rings. The third kappa shape index (κ3) is 4.44. The third-order valence-electron chi connectivity index (χ3n) is 3.14. The fourth-order valence-electron chi connectivity index (χ4n) is 1.86. The molecule has 106 valence electrons. The van der Waals surface area contributed by atoms with Crippen molar-refractivity contribution in [2.45, 2.75) is 19.8 Å². The van der Waals surface area contributed by atoms with E-state index in [1.807, 2.05) is 0 Å². The van der Waals surface area contributed by atoms with Crippen LogP contribution in [0.3, 0.4) is 0 Å². The molecule has 1 aromatic rings. The number of aromatic hydroxyl groups is 1. The van der Waals surface area contributed by atoms with Crippen LogP contribution in [-0.2, 0) is 0 Å². The number of carbonyl (C=O) groups is 1. The summed E-state index contributed by atoms with van der Waals surface area (Å²) in [6.45, 7) is 3.29. The quantitative estimate of drug-likeness (QED) is 0.698. The van der Waals surface area contributed by atoms with Crippen LogP contribution in [0, 0.1) is 5.92 Å². The van der Waals surface area contributed by atoms with Crippen LogP contribution in [0.15, 0.2) is 18.2 Å². The number of benzene rings is 1. The molecule has 0 radical (unpaired) electrons. The molecule has 0 aliphatic carbocycles. The summed E-state index contributed by atoms with van der Waals surface area (Å²) in [5.41, 5.74) is 5.93. The van der Waals surface area contributed by atoms with Crippen molar-refractivity contribution in [1.29, 1.82) is 0 Å². The molecule has 0 saturated heterocycles. The van der Waals surface area contributed by atoms with Crippen LogP contribution in [0.2, 0.25) is 0 Å². The number of hydrogen-bond donors (Lipinski definition) is 3. The van der Waals surface area contributed by atoms with Gasteiger partial charge in [-0.1, -0.05) is 13.3 Å². The number of rotatable bonds is 7.